The largest absolute Gasteiger partial charge is 0.496 e. The van der Waals surface area contributed by atoms with E-state index in [2.05, 4.69) is 37.9 Å². The van der Waals surface area contributed by atoms with Crippen molar-refractivity contribution in [3.05, 3.63) is 52.3 Å². The number of hydrogen-bond acceptors (Lipinski definition) is 4. The number of hydrogen-bond donors (Lipinski definition) is 0. The van der Waals surface area contributed by atoms with Crippen LogP contribution in [0.15, 0.2) is 24.5 Å². The Balaban J connectivity index is 2.52. The fourth-order valence-electron chi connectivity index (χ4n) is 3.89. The highest BCUT2D eigenvalue weighted by Crippen LogP contribution is 2.45. The first-order chi connectivity index (χ1) is 13.1. The van der Waals surface area contributed by atoms with Crippen molar-refractivity contribution in [3.8, 4) is 17.6 Å². The standard InChI is InChI=1S/C23H30N2O2/c1-16-17(2)23(27-5)21(18(3)22(16)26-4)20(12-8-6-7-9-13-24)19-11-10-14-25-15-19/h10-11,14-15,20H,6-9,12H2,1-5H3. The monoisotopic (exact) mass is 366 g/mol. The molecule has 1 atom stereocenters. The molecular formula is C23H30N2O2. The van der Waals surface area contributed by atoms with E-state index >= 15 is 0 Å². The second-order valence-electron chi connectivity index (χ2n) is 6.95. The highest BCUT2D eigenvalue weighted by atomic mass is 16.5. The van der Waals surface area contributed by atoms with Crippen LogP contribution in [-0.4, -0.2) is 19.2 Å². The molecule has 0 saturated heterocycles. The third-order valence-corrected chi connectivity index (χ3v) is 5.36. The summed E-state index contributed by atoms with van der Waals surface area (Å²) >= 11 is 0. The molecule has 0 aliphatic carbocycles. The smallest absolute Gasteiger partial charge is 0.126 e. The van der Waals surface area contributed by atoms with Crippen LogP contribution in [0.2, 0.25) is 0 Å². The van der Waals surface area contributed by atoms with Crippen LogP contribution >= 0.6 is 0 Å². The van der Waals surface area contributed by atoms with Crippen LogP contribution in [0.1, 0.15) is 65.8 Å². The Hall–Kier alpha value is -2.54. The van der Waals surface area contributed by atoms with Gasteiger partial charge in [0, 0.05) is 30.3 Å². The molecule has 1 aromatic carbocycles. The molecule has 4 nitrogen and oxygen atoms in total. The van der Waals surface area contributed by atoms with Crippen molar-refractivity contribution < 1.29 is 9.47 Å². The molecule has 0 aliphatic heterocycles. The molecule has 0 N–H and O–H groups in total. The summed E-state index contributed by atoms with van der Waals surface area (Å²) in [5, 5.41) is 8.76. The summed E-state index contributed by atoms with van der Waals surface area (Å²) in [4.78, 5) is 4.34. The number of nitriles is 1. The van der Waals surface area contributed by atoms with Crippen LogP contribution in [0.25, 0.3) is 0 Å². The average molecular weight is 367 g/mol. The van der Waals surface area contributed by atoms with Gasteiger partial charge in [-0.25, -0.2) is 0 Å². The van der Waals surface area contributed by atoms with E-state index in [0.29, 0.717) is 6.42 Å². The molecule has 1 heterocycles. The molecule has 2 rings (SSSR count). The number of pyridine rings is 1. The first-order valence-electron chi connectivity index (χ1n) is 9.55. The summed E-state index contributed by atoms with van der Waals surface area (Å²) in [7, 11) is 3.47. The zero-order valence-corrected chi connectivity index (χ0v) is 17.1. The second kappa shape index (κ2) is 9.97. The molecular weight excluding hydrogens is 336 g/mol. The third-order valence-electron chi connectivity index (χ3n) is 5.36. The van der Waals surface area contributed by atoms with E-state index in [1.807, 2.05) is 12.3 Å². The van der Waals surface area contributed by atoms with Gasteiger partial charge in [-0.05, 0) is 61.9 Å². The third kappa shape index (κ3) is 4.60. The second-order valence-corrected chi connectivity index (χ2v) is 6.95. The van der Waals surface area contributed by atoms with Gasteiger partial charge in [-0.3, -0.25) is 4.98 Å². The highest BCUT2D eigenvalue weighted by Gasteiger charge is 2.26. The van der Waals surface area contributed by atoms with Crippen LogP contribution in [0, 0.1) is 32.1 Å². The maximum absolute atomic E-state index is 8.76. The molecule has 0 amide bonds. The molecule has 0 spiro atoms. The first-order valence-corrected chi connectivity index (χ1v) is 9.55. The number of aromatic nitrogens is 1. The highest BCUT2D eigenvalue weighted by molar-refractivity contribution is 5.60. The average Bonchev–Trinajstić information content (AvgIpc) is 2.69. The molecule has 0 fully saturated rings. The van der Waals surface area contributed by atoms with Gasteiger partial charge in [-0.15, -0.1) is 0 Å². The van der Waals surface area contributed by atoms with E-state index in [9.17, 15) is 0 Å². The van der Waals surface area contributed by atoms with Crippen molar-refractivity contribution in [2.24, 2.45) is 0 Å². The van der Waals surface area contributed by atoms with Crippen molar-refractivity contribution in [1.82, 2.24) is 4.98 Å². The Morgan fingerprint density at radius 2 is 1.70 bits per heavy atom. The molecule has 0 bridgehead atoms. The summed E-state index contributed by atoms with van der Waals surface area (Å²) < 4.78 is 11.6. The Labute approximate surface area is 163 Å². The molecule has 2 aromatic rings. The number of rotatable bonds is 9. The molecule has 0 saturated carbocycles. The van der Waals surface area contributed by atoms with Gasteiger partial charge in [-0.2, -0.15) is 5.26 Å². The Kier molecular flexibility index (Phi) is 7.67. The fraction of sp³-hybridized carbons (Fsp3) is 0.478. The van der Waals surface area contributed by atoms with Gasteiger partial charge in [-0.1, -0.05) is 18.9 Å². The predicted octanol–water partition coefficient (Wildman–Crippen LogP) is 5.63. The van der Waals surface area contributed by atoms with E-state index in [-0.39, 0.29) is 5.92 Å². The molecule has 1 aromatic heterocycles. The normalized spacial score (nSPS) is 11.7. The fourth-order valence-corrected chi connectivity index (χ4v) is 3.89. The van der Waals surface area contributed by atoms with E-state index in [1.54, 1.807) is 20.4 Å². The molecule has 144 valence electrons. The van der Waals surface area contributed by atoms with Crippen LogP contribution in [0.3, 0.4) is 0 Å². The minimum atomic E-state index is 0.184. The summed E-state index contributed by atoms with van der Waals surface area (Å²) in [6.07, 6.45) is 8.41. The number of nitrogens with zero attached hydrogens (tertiary/aromatic N) is 2. The van der Waals surface area contributed by atoms with Crippen LogP contribution in [0.5, 0.6) is 11.5 Å². The van der Waals surface area contributed by atoms with Crippen molar-refractivity contribution in [2.75, 3.05) is 14.2 Å². The molecule has 4 heteroatoms. The van der Waals surface area contributed by atoms with Crippen molar-refractivity contribution in [3.63, 3.8) is 0 Å². The first kappa shape index (κ1) is 20.8. The number of unbranched alkanes of at least 4 members (excludes halogenated alkanes) is 3. The van der Waals surface area contributed by atoms with E-state index < -0.39 is 0 Å². The van der Waals surface area contributed by atoms with E-state index in [1.165, 1.54) is 11.1 Å². The molecule has 27 heavy (non-hydrogen) atoms. The Morgan fingerprint density at radius 1 is 1.00 bits per heavy atom. The minimum Gasteiger partial charge on any atom is -0.496 e. The summed E-state index contributed by atoms with van der Waals surface area (Å²) in [5.41, 5.74) is 5.74. The van der Waals surface area contributed by atoms with Gasteiger partial charge in [0.15, 0.2) is 0 Å². The van der Waals surface area contributed by atoms with Gasteiger partial charge in [0.1, 0.15) is 11.5 Å². The maximum atomic E-state index is 8.76. The lowest BCUT2D eigenvalue weighted by Gasteiger charge is -2.26. The lowest BCUT2D eigenvalue weighted by Crippen LogP contribution is -2.10. The lowest BCUT2D eigenvalue weighted by atomic mass is 9.82. The van der Waals surface area contributed by atoms with Crippen molar-refractivity contribution >= 4 is 0 Å². The van der Waals surface area contributed by atoms with E-state index in [0.717, 1.165) is 53.9 Å². The maximum Gasteiger partial charge on any atom is 0.126 e. The molecule has 0 aliphatic rings. The van der Waals surface area contributed by atoms with Crippen LogP contribution in [-0.2, 0) is 0 Å². The summed E-state index contributed by atoms with van der Waals surface area (Å²) in [6.45, 7) is 6.28. The number of ether oxygens (including phenoxy) is 2. The van der Waals surface area contributed by atoms with Crippen molar-refractivity contribution in [2.45, 2.75) is 58.8 Å². The Bertz CT molecular complexity index is 795. The SMILES string of the molecule is COc1c(C)c(C)c(OC)c(C(CCCCCC#N)c2cccnc2)c1C. The summed E-state index contributed by atoms with van der Waals surface area (Å²) in [5.74, 6) is 2.06. The zero-order chi connectivity index (χ0) is 19.8. The van der Waals surface area contributed by atoms with Gasteiger partial charge in [0.05, 0.1) is 20.3 Å². The topological polar surface area (TPSA) is 55.1 Å². The van der Waals surface area contributed by atoms with Crippen LogP contribution in [0.4, 0.5) is 0 Å². The van der Waals surface area contributed by atoms with Crippen molar-refractivity contribution in [1.29, 1.82) is 5.26 Å². The summed E-state index contributed by atoms with van der Waals surface area (Å²) in [6, 6.07) is 6.35. The van der Waals surface area contributed by atoms with E-state index in [4.69, 9.17) is 14.7 Å². The minimum absolute atomic E-state index is 0.184. The van der Waals surface area contributed by atoms with Gasteiger partial charge in [0.2, 0.25) is 0 Å². The number of benzene rings is 1. The predicted molar refractivity (Wildman–Crippen MR) is 109 cm³/mol. The van der Waals surface area contributed by atoms with Gasteiger partial charge >= 0.3 is 0 Å². The van der Waals surface area contributed by atoms with Gasteiger partial charge in [0.25, 0.3) is 0 Å². The van der Waals surface area contributed by atoms with Crippen LogP contribution < -0.4 is 9.47 Å². The number of methoxy groups -OCH3 is 2. The molecule has 1 unspecified atom stereocenters. The lowest BCUT2D eigenvalue weighted by molar-refractivity contribution is 0.387. The quantitative estimate of drug-likeness (QED) is 0.540. The zero-order valence-electron chi connectivity index (χ0n) is 17.1. The van der Waals surface area contributed by atoms with Gasteiger partial charge < -0.3 is 9.47 Å². The molecule has 0 radical (unpaired) electrons. The Morgan fingerprint density at radius 3 is 2.30 bits per heavy atom.